The molecule has 0 fully saturated rings. The molecule has 0 radical (unpaired) electrons. The van der Waals surface area contributed by atoms with E-state index < -0.39 is 6.10 Å². The Balaban J connectivity index is 1.83. The van der Waals surface area contributed by atoms with Gasteiger partial charge in [0.15, 0.2) is 0 Å². The maximum atomic E-state index is 12.9. The Morgan fingerprint density at radius 1 is 1.04 bits per heavy atom. The van der Waals surface area contributed by atoms with E-state index in [0.717, 1.165) is 11.8 Å². The van der Waals surface area contributed by atoms with Gasteiger partial charge in [-0.3, -0.25) is 9.59 Å². The number of rotatable bonds is 7. The van der Waals surface area contributed by atoms with Gasteiger partial charge >= 0.3 is 0 Å². The molecular weight excluding hydrogens is 330 g/mol. The van der Waals surface area contributed by atoms with Crippen molar-refractivity contribution in [2.45, 2.75) is 12.6 Å². The van der Waals surface area contributed by atoms with Gasteiger partial charge in [-0.15, -0.1) is 0 Å². The zero-order valence-corrected chi connectivity index (χ0v) is 14.1. The summed E-state index contributed by atoms with van der Waals surface area (Å²) in [6.07, 6.45) is 1.29. The number of nitrogens with zero attached hydrogens (tertiary/aromatic N) is 1. The Labute approximate surface area is 151 Å². The topological polar surface area (TPSA) is 70.8 Å². The Kier molecular flexibility index (Phi) is 5.61. The van der Waals surface area contributed by atoms with Gasteiger partial charge in [0.05, 0.1) is 12.8 Å². The first-order valence-corrected chi connectivity index (χ1v) is 8.27. The Hall–Kier alpha value is -3.18. The molecule has 1 amide bonds. The summed E-state index contributed by atoms with van der Waals surface area (Å²) in [4.78, 5) is 25.3. The van der Waals surface area contributed by atoms with Crippen LogP contribution in [0, 0.1) is 0 Å². The number of aliphatic hydroxyl groups is 1. The van der Waals surface area contributed by atoms with Gasteiger partial charge in [-0.05, 0) is 29.8 Å². The Bertz CT molecular complexity index is 841. The van der Waals surface area contributed by atoms with Crippen molar-refractivity contribution in [3.63, 3.8) is 0 Å². The van der Waals surface area contributed by atoms with E-state index >= 15 is 0 Å². The second-order valence-corrected chi connectivity index (χ2v) is 5.94. The molecule has 132 valence electrons. The molecule has 1 aromatic heterocycles. The third-order valence-electron chi connectivity index (χ3n) is 4.06. The minimum atomic E-state index is -0.924. The number of carbonyl (C=O) groups is 2. The molecule has 0 saturated heterocycles. The molecule has 1 N–H and O–H groups in total. The van der Waals surface area contributed by atoms with E-state index in [-0.39, 0.29) is 12.5 Å². The van der Waals surface area contributed by atoms with E-state index in [1.165, 1.54) is 6.26 Å². The molecule has 3 aromatic rings. The van der Waals surface area contributed by atoms with Crippen LogP contribution in [-0.2, 0) is 6.54 Å². The van der Waals surface area contributed by atoms with E-state index in [4.69, 9.17) is 4.42 Å². The van der Waals surface area contributed by atoms with Crippen LogP contribution in [0.25, 0.3) is 0 Å². The summed E-state index contributed by atoms with van der Waals surface area (Å²) < 4.78 is 5.24. The molecule has 2 aromatic carbocycles. The third-order valence-corrected chi connectivity index (χ3v) is 4.06. The van der Waals surface area contributed by atoms with Gasteiger partial charge in [-0.25, -0.2) is 0 Å². The smallest absolute Gasteiger partial charge is 0.254 e. The number of carbonyl (C=O) groups excluding carboxylic acids is 2. The van der Waals surface area contributed by atoms with Crippen LogP contribution in [0.1, 0.15) is 38.1 Å². The van der Waals surface area contributed by atoms with Crippen LogP contribution in [0.15, 0.2) is 77.4 Å². The molecule has 0 spiro atoms. The van der Waals surface area contributed by atoms with E-state index in [1.54, 1.807) is 41.3 Å². The molecule has 0 bridgehead atoms. The second kappa shape index (κ2) is 8.27. The Morgan fingerprint density at radius 2 is 1.77 bits per heavy atom. The molecule has 26 heavy (non-hydrogen) atoms. The average Bonchev–Trinajstić information content (AvgIpc) is 3.23. The summed E-state index contributed by atoms with van der Waals surface area (Å²) in [7, 11) is 0. The highest BCUT2D eigenvalue weighted by Gasteiger charge is 2.21. The van der Waals surface area contributed by atoms with Crippen LogP contribution in [0.5, 0.6) is 0 Å². The molecule has 3 rings (SSSR count). The van der Waals surface area contributed by atoms with Gasteiger partial charge in [0.1, 0.15) is 18.2 Å². The maximum Gasteiger partial charge on any atom is 0.254 e. The molecule has 0 aliphatic rings. The normalized spacial score (nSPS) is 11.7. The fourth-order valence-corrected chi connectivity index (χ4v) is 2.69. The third kappa shape index (κ3) is 4.26. The predicted octanol–water partition coefficient (Wildman–Crippen LogP) is 3.47. The molecule has 0 aliphatic heterocycles. The Morgan fingerprint density at radius 3 is 2.38 bits per heavy atom. The highest BCUT2D eigenvalue weighted by atomic mass is 16.4. The minimum absolute atomic E-state index is 0.0939. The van der Waals surface area contributed by atoms with Gasteiger partial charge in [0.2, 0.25) is 0 Å². The fraction of sp³-hybridized carbons (Fsp3) is 0.143. The summed E-state index contributed by atoms with van der Waals surface area (Å²) in [6, 6.07) is 19.4. The number of aliphatic hydroxyl groups excluding tert-OH is 1. The fourth-order valence-electron chi connectivity index (χ4n) is 2.69. The number of hydrogen-bond donors (Lipinski definition) is 1. The van der Waals surface area contributed by atoms with Gasteiger partial charge in [0, 0.05) is 17.7 Å². The van der Waals surface area contributed by atoms with Gasteiger partial charge in [-0.1, -0.05) is 42.5 Å². The van der Waals surface area contributed by atoms with Crippen molar-refractivity contribution >= 4 is 12.2 Å². The van der Waals surface area contributed by atoms with Crippen molar-refractivity contribution < 1.29 is 19.1 Å². The quantitative estimate of drug-likeness (QED) is 0.663. The largest absolute Gasteiger partial charge is 0.467 e. The summed E-state index contributed by atoms with van der Waals surface area (Å²) in [6.45, 7) is 0.448. The molecule has 1 heterocycles. The van der Waals surface area contributed by atoms with Gasteiger partial charge < -0.3 is 14.4 Å². The number of hydrogen-bond acceptors (Lipinski definition) is 4. The first kappa shape index (κ1) is 17.6. The monoisotopic (exact) mass is 349 g/mol. The molecule has 1 atom stereocenters. The van der Waals surface area contributed by atoms with E-state index in [1.807, 2.05) is 30.3 Å². The molecule has 0 saturated carbocycles. The van der Waals surface area contributed by atoms with Gasteiger partial charge in [-0.2, -0.15) is 0 Å². The van der Waals surface area contributed by atoms with Crippen LogP contribution in [0.4, 0.5) is 0 Å². The molecule has 1 unspecified atom stereocenters. The van der Waals surface area contributed by atoms with E-state index in [9.17, 15) is 14.7 Å². The standard InChI is InChI=1S/C21H19NO4/c23-15-17-8-10-18(11-9-17)21(25)22(13-16-5-2-1-3-6-16)14-19(24)20-7-4-12-26-20/h1-12,15,19,24H,13-14H2. The zero-order chi connectivity index (χ0) is 18.4. The maximum absolute atomic E-state index is 12.9. The van der Waals surface area contributed by atoms with Gasteiger partial charge in [0.25, 0.3) is 5.91 Å². The zero-order valence-electron chi connectivity index (χ0n) is 14.1. The van der Waals surface area contributed by atoms with Crippen LogP contribution < -0.4 is 0 Å². The van der Waals surface area contributed by atoms with Crippen molar-refractivity contribution in [2.75, 3.05) is 6.54 Å². The number of aldehydes is 1. The van der Waals surface area contributed by atoms with Crippen molar-refractivity contribution in [1.29, 1.82) is 0 Å². The van der Waals surface area contributed by atoms with E-state index in [2.05, 4.69) is 0 Å². The minimum Gasteiger partial charge on any atom is -0.467 e. The average molecular weight is 349 g/mol. The number of amides is 1. The first-order chi connectivity index (χ1) is 12.7. The molecule has 5 heteroatoms. The lowest BCUT2D eigenvalue weighted by molar-refractivity contribution is 0.0563. The molecular formula is C21H19NO4. The van der Waals surface area contributed by atoms with Crippen molar-refractivity contribution in [3.8, 4) is 0 Å². The number of furan rings is 1. The summed E-state index contributed by atoms with van der Waals surface area (Å²) >= 11 is 0. The SMILES string of the molecule is O=Cc1ccc(C(=O)N(Cc2ccccc2)CC(O)c2ccco2)cc1. The second-order valence-electron chi connectivity index (χ2n) is 5.94. The lowest BCUT2D eigenvalue weighted by Crippen LogP contribution is -2.34. The van der Waals surface area contributed by atoms with Crippen LogP contribution in [-0.4, -0.2) is 28.7 Å². The highest BCUT2D eigenvalue weighted by molar-refractivity contribution is 5.94. The van der Waals surface area contributed by atoms with Crippen LogP contribution in [0.3, 0.4) is 0 Å². The van der Waals surface area contributed by atoms with Crippen molar-refractivity contribution in [1.82, 2.24) is 4.90 Å². The van der Waals surface area contributed by atoms with Crippen LogP contribution in [0.2, 0.25) is 0 Å². The lowest BCUT2D eigenvalue weighted by Gasteiger charge is -2.25. The molecule has 0 aliphatic carbocycles. The first-order valence-electron chi connectivity index (χ1n) is 8.27. The highest BCUT2D eigenvalue weighted by Crippen LogP contribution is 2.18. The van der Waals surface area contributed by atoms with Crippen LogP contribution >= 0.6 is 0 Å². The lowest BCUT2D eigenvalue weighted by atomic mass is 10.1. The number of benzene rings is 2. The summed E-state index contributed by atoms with van der Waals surface area (Å²) in [5.74, 6) is 0.184. The summed E-state index contributed by atoms with van der Waals surface area (Å²) in [5, 5.41) is 10.4. The predicted molar refractivity (Wildman–Crippen MR) is 96.7 cm³/mol. The van der Waals surface area contributed by atoms with E-state index in [0.29, 0.717) is 23.4 Å². The summed E-state index contributed by atoms with van der Waals surface area (Å²) in [5.41, 5.74) is 1.92. The van der Waals surface area contributed by atoms with Crippen molar-refractivity contribution in [3.05, 3.63) is 95.4 Å². The van der Waals surface area contributed by atoms with Crippen molar-refractivity contribution in [2.24, 2.45) is 0 Å². The molecule has 5 nitrogen and oxygen atoms in total.